The van der Waals surface area contributed by atoms with Gasteiger partial charge in [0.2, 0.25) is 0 Å². The number of hydrogen-bond acceptors (Lipinski definition) is 4. The van der Waals surface area contributed by atoms with E-state index in [4.69, 9.17) is 0 Å². The minimum atomic E-state index is -0.227. The number of carbonyl (C=O) groups is 1. The molecule has 1 amide bonds. The van der Waals surface area contributed by atoms with Crippen LogP contribution in [0.15, 0.2) is 67.0 Å². The largest absolute Gasteiger partial charge is 0.355 e. The molecule has 0 saturated heterocycles. The second-order valence-corrected chi connectivity index (χ2v) is 6.34. The smallest absolute Gasteiger partial charge is 0.270 e. The molecule has 2 heterocycles. The number of benzene rings is 1. The number of pyridine rings is 2. The molecule has 2 aromatic heterocycles. The van der Waals surface area contributed by atoms with E-state index < -0.39 is 0 Å². The fourth-order valence-corrected chi connectivity index (χ4v) is 2.51. The van der Waals surface area contributed by atoms with Gasteiger partial charge in [0.05, 0.1) is 12.2 Å². The highest BCUT2D eigenvalue weighted by Gasteiger charge is 2.08. The first-order valence-corrected chi connectivity index (χ1v) is 8.63. The lowest BCUT2D eigenvalue weighted by molar-refractivity contribution is 0.0945. The molecule has 3 rings (SSSR count). The van der Waals surface area contributed by atoms with Crippen LogP contribution in [-0.2, 0) is 6.54 Å². The van der Waals surface area contributed by atoms with Crippen LogP contribution >= 0.6 is 0 Å². The monoisotopic (exact) mass is 346 g/mol. The van der Waals surface area contributed by atoms with Crippen molar-refractivity contribution in [3.8, 4) is 0 Å². The van der Waals surface area contributed by atoms with Crippen molar-refractivity contribution in [3.05, 3.63) is 83.9 Å². The summed E-state index contributed by atoms with van der Waals surface area (Å²) < 4.78 is 0. The van der Waals surface area contributed by atoms with E-state index in [0.717, 1.165) is 17.1 Å². The first-order valence-electron chi connectivity index (χ1n) is 8.63. The van der Waals surface area contributed by atoms with E-state index >= 15 is 0 Å². The lowest BCUT2D eigenvalue weighted by atomic mass is 10.0. The molecule has 0 radical (unpaired) electrons. The first-order chi connectivity index (χ1) is 12.6. The zero-order valence-corrected chi connectivity index (χ0v) is 14.9. The second-order valence-electron chi connectivity index (χ2n) is 6.34. The second kappa shape index (κ2) is 8.25. The Kier molecular flexibility index (Phi) is 5.59. The molecule has 0 unspecified atom stereocenters. The highest BCUT2D eigenvalue weighted by molar-refractivity contribution is 5.93. The molecular formula is C21H22N4O. The Hall–Kier alpha value is -3.21. The Balaban J connectivity index is 1.64. The SMILES string of the molecule is CC(C)c1ccc(Nc2ccnc(C(=O)NCc3ccccn3)c2)cc1. The van der Waals surface area contributed by atoms with Crippen molar-refractivity contribution < 1.29 is 4.79 Å². The van der Waals surface area contributed by atoms with Gasteiger partial charge in [-0.3, -0.25) is 14.8 Å². The molecule has 0 fully saturated rings. The molecule has 0 spiro atoms. The van der Waals surface area contributed by atoms with Crippen LogP contribution < -0.4 is 10.6 Å². The van der Waals surface area contributed by atoms with Gasteiger partial charge in [-0.1, -0.05) is 32.0 Å². The maximum atomic E-state index is 12.3. The Morgan fingerprint density at radius 3 is 2.46 bits per heavy atom. The van der Waals surface area contributed by atoms with Crippen molar-refractivity contribution in [2.75, 3.05) is 5.32 Å². The fourth-order valence-electron chi connectivity index (χ4n) is 2.51. The number of amides is 1. The van der Waals surface area contributed by atoms with Crippen LogP contribution in [0.1, 0.15) is 41.5 Å². The summed E-state index contributed by atoms with van der Waals surface area (Å²) in [6.45, 7) is 4.71. The summed E-state index contributed by atoms with van der Waals surface area (Å²) in [7, 11) is 0. The summed E-state index contributed by atoms with van der Waals surface area (Å²) in [4.78, 5) is 20.7. The topological polar surface area (TPSA) is 66.9 Å². The van der Waals surface area contributed by atoms with Crippen LogP contribution in [0, 0.1) is 0 Å². The predicted molar refractivity (Wildman–Crippen MR) is 103 cm³/mol. The minimum absolute atomic E-state index is 0.227. The van der Waals surface area contributed by atoms with E-state index in [9.17, 15) is 4.79 Å². The number of aromatic nitrogens is 2. The van der Waals surface area contributed by atoms with Gasteiger partial charge >= 0.3 is 0 Å². The van der Waals surface area contributed by atoms with E-state index in [1.165, 1.54) is 5.56 Å². The molecule has 26 heavy (non-hydrogen) atoms. The molecule has 0 atom stereocenters. The normalized spacial score (nSPS) is 10.6. The number of rotatable bonds is 6. The minimum Gasteiger partial charge on any atom is -0.355 e. The third-order valence-corrected chi connectivity index (χ3v) is 4.01. The highest BCUT2D eigenvalue weighted by atomic mass is 16.1. The highest BCUT2D eigenvalue weighted by Crippen LogP contribution is 2.20. The first kappa shape index (κ1) is 17.6. The average Bonchev–Trinajstić information content (AvgIpc) is 2.67. The van der Waals surface area contributed by atoms with Crippen molar-refractivity contribution >= 4 is 17.3 Å². The quantitative estimate of drug-likeness (QED) is 0.699. The summed E-state index contributed by atoms with van der Waals surface area (Å²) in [5, 5.41) is 6.14. The van der Waals surface area contributed by atoms with Crippen LogP contribution in [-0.4, -0.2) is 15.9 Å². The van der Waals surface area contributed by atoms with Crippen LogP contribution in [0.25, 0.3) is 0 Å². The van der Waals surface area contributed by atoms with E-state index in [1.54, 1.807) is 18.5 Å². The van der Waals surface area contributed by atoms with Gasteiger partial charge in [-0.2, -0.15) is 0 Å². The fraction of sp³-hybridized carbons (Fsp3) is 0.190. The molecule has 132 valence electrons. The molecule has 3 aromatic rings. The van der Waals surface area contributed by atoms with Gasteiger partial charge in [-0.25, -0.2) is 0 Å². The van der Waals surface area contributed by atoms with Crippen molar-refractivity contribution in [1.29, 1.82) is 0 Å². The number of hydrogen-bond donors (Lipinski definition) is 2. The molecule has 0 aliphatic heterocycles. The number of carbonyl (C=O) groups excluding carboxylic acids is 1. The van der Waals surface area contributed by atoms with E-state index in [2.05, 4.69) is 46.6 Å². The lowest BCUT2D eigenvalue weighted by Crippen LogP contribution is -2.24. The van der Waals surface area contributed by atoms with Gasteiger partial charge in [-0.15, -0.1) is 0 Å². The van der Waals surface area contributed by atoms with Crippen LogP contribution in [0.4, 0.5) is 11.4 Å². The maximum Gasteiger partial charge on any atom is 0.270 e. The van der Waals surface area contributed by atoms with Crippen LogP contribution in [0.3, 0.4) is 0 Å². The van der Waals surface area contributed by atoms with E-state index in [-0.39, 0.29) is 5.91 Å². The summed E-state index contributed by atoms with van der Waals surface area (Å²) in [5.74, 6) is 0.272. The Bertz CT molecular complexity index is 861. The van der Waals surface area contributed by atoms with Crippen LogP contribution in [0.5, 0.6) is 0 Å². The lowest BCUT2D eigenvalue weighted by Gasteiger charge is -2.10. The third kappa shape index (κ3) is 4.66. The standard InChI is InChI=1S/C21H22N4O/c1-15(2)16-6-8-17(9-7-16)25-18-10-12-23-20(13-18)21(26)24-14-19-5-3-4-11-22-19/h3-13,15H,14H2,1-2H3,(H,23,25)(H,24,26). The van der Waals surface area contributed by atoms with Gasteiger partial charge in [0.1, 0.15) is 5.69 Å². The third-order valence-electron chi connectivity index (χ3n) is 4.01. The van der Waals surface area contributed by atoms with Gasteiger partial charge in [0.25, 0.3) is 5.91 Å². The van der Waals surface area contributed by atoms with Gasteiger partial charge in [-0.05, 0) is 47.9 Å². The number of nitrogens with zero attached hydrogens (tertiary/aromatic N) is 2. The van der Waals surface area contributed by atoms with Crippen molar-refractivity contribution in [2.45, 2.75) is 26.3 Å². The average molecular weight is 346 g/mol. The number of anilines is 2. The molecular weight excluding hydrogens is 324 g/mol. The molecule has 0 aliphatic rings. The summed E-state index contributed by atoms with van der Waals surface area (Å²) in [5.41, 5.74) is 4.26. The Morgan fingerprint density at radius 2 is 1.77 bits per heavy atom. The van der Waals surface area contributed by atoms with E-state index in [1.807, 2.05) is 36.4 Å². The van der Waals surface area contributed by atoms with Crippen molar-refractivity contribution in [1.82, 2.24) is 15.3 Å². The predicted octanol–water partition coefficient (Wildman–Crippen LogP) is 4.27. The maximum absolute atomic E-state index is 12.3. The van der Waals surface area contributed by atoms with Crippen molar-refractivity contribution in [2.24, 2.45) is 0 Å². The zero-order chi connectivity index (χ0) is 18.4. The van der Waals surface area contributed by atoms with Gasteiger partial charge in [0.15, 0.2) is 0 Å². The van der Waals surface area contributed by atoms with Crippen LogP contribution in [0.2, 0.25) is 0 Å². The Labute approximate surface area is 153 Å². The molecule has 0 bridgehead atoms. The molecule has 2 N–H and O–H groups in total. The van der Waals surface area contributed by atoms with Crippen molar-refractivity contribution in [3.63, 3.8) is 0 Å². The molecule has 5 heteroatoms. The van der Waals surface area contributed by atoms with Gasteiger partial charge < -0.3 is 10.6 Å². The molecule has 0 aliphatic carbocycles. The van der Waals surface area contributed by atoms with Gasteiger partial charge in [0, 0.05) is 23.8 Å². The molecule has 5 nitrogen and oxygen atoms in total. The zero-order valence-electron chi connectivity index (χ0n) is 14.9. The molecule has 1 aromatic carbocycles. The Morgan fingerprint density at radius 1 is 0.962 bits per heavy atom. The summed E-state index contributed by atoms with van der Waals surface area (Å²) in [6, 6.07) is 17.5. The summed E-state index contributed by atoms with van der Waals surface area (Å²) >= 11 is 0. The number of nitrogens with one attached hydrogen (secondary N) is 2. The summed E-state index contributed by atoms with van der Waals surface area (Å²) in [6.07, 6.45) is 3.33. The molecule has 0 saturated carbocycles. The van der Waals surface area contributed by atoms with E-state index in [0.29, 0.717) is 18.2 Å².